The molecule has 0 saturated carbocycles. The topological polar surface area (TPSA) is 70.9 Å². The molecule has 1 amide bonds. The lowest BCUT2D eigenvalue weighted by Crippen LogP contribution is -2.37. The predicted octanol–water partition coefficient (Wildman–Crippen LogP) is 3.09. The average Bonchev–Trinajstić information content (AvgIpc) is 2.94. The fraction of sp³-hybridized carbons (Fsp3) is 0.118. The van der Waals surface area contributed by atoms with Crippen LogP contribution in [-0.2, 0) is 11.2 Å². The van der Waals surface area contributed by atoms with E-state index in [9.17, 15) is 18.0 Å². The number of carbonyl (C=O) groups excluding carboxylic acids is 1. The lowest BCUT2D eigenvalue weighted by molar-refractivity contribution is -0.117. The van der Waals surface area contributed by atoms with E-state index in [1.165, 1.54) is 0 Å². The number of anilines is 1. The maximum Gasteiger partial charge on any atom is 0.241 e. The molecule has 1 atom stereocenters. The van der Waals surface area contributed by atoms with Crippen LogP contribution in [0.15, 0.2) is 42.6 Å². The molecular formula is C17H14F3N3O. The maximum atomic E-state index is 13.6. The first-order valence-corrected chi connectivity index (χ1v) is 7.21. The fourth-order valence-corrected chi connectivity index (χ4v) is 2.51. The number of H-pyrrole nitrogens is 1. The zero-order valence-corrected chi connectivity index (χ0v) is 12.4. The third-order valence-electron chi connectivity index (χ3n) is 3.71. The lowest BCUT2D eigenvalue weighted by atomic mass is 10.0. The molecule has 24 heavy (non-hydrogen) atoms. The smallest absolute Gasteiger partial charge is 0.241 e. The molecule has 7 heteroatoms. The highest BCUT2D eigenvalue weighted by Crippen LogP contribution is 2.22. The van der Waals surface area contributed by atoms with Crippen molar-refractivity contribution in [3.05, 3.63) is 65.6 Å². The highest BCUT2D eigenvalue weighted by Gasteiger charge is 2.20. The standard InChI is InChI=1S/C17H14F3N3O/c18-10-6-12(19)16(13(20)7-10)23-17(24)14(21)5-9-8-22-15-4-2-1-3-11(9)15/h1-4,6-8,14,22H,5,21H2,(H,23,24)/t14-/m0/s1. The van der Waals surface area contributed by atoms with E-state index in [2.05, 4.69) is 10.3 Å². The summed E-state index contributed by atoms with van der Waals surface area (Å²) < 4.78 is 40.0. The number of hydrogen-bond donors (Lipinski definition) is 3. The Morgan fingerprint density at radius 2 is 1.83 bits per heavy atom. The number of rotatable bonds is 4. The maximum absolute atomic E-state index is 13.6. The fourth-order valence-electron chi connectivity index (χ4n) is 2.51. The van der Waals surface area contributed by atoms with Gasteiger partial charge in [0.05, 0.1) is 6.04 Å². The van der Waals surface area contributed by atoms with Crippen molar-refractivity contribution in [1.82, 2.24) is 4.98 Å². The van der Waals surface area contributed by atoms with Gasteiger partial charge >= 0.3 is 0 Å². The van der Waals surface area contributed by atoms with E-state index in [1.54, 1.807) is 6.20 Å². The Bertz CT molecular complexity index is 884. The number of nitrogens with one attached hydrogen (secondary N) is 2. The average molecular weight is 333 g/mol. The number of amides is 1. The summed E-state index contributed by atoms with van der Waals surface area (Å²) in [5.41, 5.74) is 6.83. The van der Waals surface area contributed by atoms with Crippen molar-refractivity contribution in [2.75, 3.05) is 5.32 Å². The van der Waals surface area contributed by atoms with Crippen molar-refractivity contribution in [3.63, 3.8) is 0 Å². The highest BCUT2D eigenvalue weighted by atomic mass is 19.1. The minimum Gasteiger partial charge on any atom is -0.361 e. The molecule has 1 heterocycles. The molecule has 1 aromatic heterocycles. The monoisotopic (exact) mass is 333 g/mol. The summed E-state index contributed by atoms with van der Waals surface area (Å²) in [7, 11) is 0. The molecule has 2 aromatic carbocycles. The van der Waals surface area contributed by atoms with Gasteiger partial charge in [-0.2, -0.15) is 0 Å². The number of hydrogen-bond acceptors (Lipinski definition) is 2. The highest BCUT2D eigenvalue weighted by molar-refractivity contribution is 5.95. The first-order chi connectivity index (χ1) is 11.5. The van der Waals surface area contributed by atoms with Gasteiger partial charge in [-0.05, 0) is 18.1 Å². The number of benzene rings is 2. The number of halogens is 3. The summed E-state index contributed by atoms with van der Waals surface area (Å²) in [6, 6.07) is 7.45. The SMILES string of the molecule is N[C@@H](Cc1c[nH]c2ccccc12)C(=O)Nc1c(F)cc(F)cc1F. The molecule has 0 aliphatic rings. The summed E-state index contributed by atoms with van der Waals surface area (Å²) in [5, 5.41) is 2.99. The van der Waals surface area contributed by atoms with Crippen LogP contribution >= 0.6 is 0 Å². The Balaban J connectivity index is 1.76. The van der Waals surface area contributed by atoms with E-state index >= 15 is 0 Å². The van der Waals surface area contributed by atoms with E-state index in [0.717, 1.165) is 16.5 Å². The second kappa shape index (κ2) is 6.37. The molecule has 0 saturated heterocycles. The predicted molar refractivity (Wildman–Crippen MR) is 84.9 cm³/mol. The third-order valence-corrected chi connectivity index (χ3v) is 3.71. The number of aromatic nitrogens is 1. The summed E-state index contributed by atoms with van der Waals surface area (Å²) in [5.74, 6) is -4.21. The van der Waals surface area contributed by atoms with Gasteiger partial charge in [-0.25, -0.2) is 13.2 Å². The van der Waals surface area contributed by atoms with Crippen molar-refractivity contribution in [1.29, 1.82) is 0 Å². The Morgan fingerprint density at radius 3 is 2.54 bits per heavy atom. The van der Waals surface area contributed by atoms with Gasteiger partial charge in [-0.1, -0.05) is 18.2 Å². The third kappa shape index (κ3) is 3.11. The number of nitrogens with two attached hydrogens (primary N) is 1. The molecule has 0 fully saturated rings. The number of aromatic amines is 1. The summed E-state index contributed by atoms with van der Waals surface area (Å²) in [4.78, 5) is 15.1. The quantitative estimate of drug-likeness (QED) is 0.687. The minimum absolute atomic E-state index is 0.181. The lowest BCUT2D eigenvalue weighted by Gasteiger charge is -2.13. The van der Waals surface area contributed by atoms with Crippen LogP contribution in [-0.4, -0.2) is 16.9 Å². The molecule has 0 unspecified atom stereocenters. The molecule has 4 N–H and O–H groups in total. The first-order valence-electron chi connectivity index (χ1n) is 7.21. The minimum atomic E-state index is -1.19. The van der Waals surface area contributed by atoms with Gasteiger partial charge in [0.25, 0.3) is 0 Å². The Labute approximate surface area is 135 Å². The van der Waals surface area contributed by atoms with Crippen molar-refractivity contribution in [2.24, 2.45) is 5.73 Å². The molecule has 0 radical (unpaired) electrons. The second-order valence-electron chi connectivity index (χ2n) is 5.40. The van der Waals surface area contributed by atoms with Gasteiger partial charge in [0.15, 0.2) is 11.6 Å². The van der Waals surface area contributed by atoms with Crippen LogP contribution < -0.4 is 11.1 Å². The van der Waals surface area contributed by atoms with E-state index in [1.807, 2.05) is 24.3 Å². The normalized spacial score (nSPS) is 12.3. The van der Waals surface area contributed by atoms with Crippen molar-refractivity contribution < 1.29 is 18.0 Å². The molecule has 0 bridgehead atoms. The van der Waals surface area contributed by atoms with Crippen LogP contribution in [0.25, 0.3) is 10.9 Å². The summed E-state index contributed by atoms with van der Waals surface area (Å²) >= 11 is 0. The molecule has 0 aliphatic heterocycles. The zero-order chi connectivity index (χ0) is 17.3. The Morgan fingerprint density at radius 1 is 1.17 bits per heavy atom. The van der Waals surface area contributed by atoms with E-state index in [4.69, 9.17) is 5.73 Å². The Kier molecular flexibility index (Phi) is 4.26. The van der Waals surface area contributed by atoms with Crippen molar-refractivity contribution in [3.8, 4) is 0 Å². The molecule has 3 rings (SSSR count). The summed E-state index contributed by atoms with van der Waals surface area (Å²) in [6.07, 6.45) is 1.91. The summed E-state index contributed by atoms with van der Waals surface area (Å²) in [6.45, 7) is 0. The largest absolute Gasteiger partial charge is 0.361 e. The molecule has 4 nitrogen and oxygen atoms in total. The number of fused-ring (bicyclic) bond motifs is 1. The van der Waals surface area contributed by atoms with Gasteiger partial charge in [-0.15, -0.1) is 0 Å². The molecule has 3 aromatic rings. The zero-order valence-electron chi connectivity index (χ0n) is 12.4. The van der Waals surface area contributed by atoms with Crippen LogP contribution in [0.5, 0.6) is 0 Å². The van der Waals surface area contributed by atoms with E-state index < -0.39 is 35.1 Å². The van der Waals surface area contributed by atoms with E-state index in [0.29, 0.717) is 12.1 Å². The van der Waals surface area contributed by atoms with Crippen LogP contribution in [0.3, 0.4) is 0 Å². The molecule has 0 aliphatic carbocycles. The van der Waals surface area contributed by atoms with Crippen LogP contribution in [0.1, 0.15) is 5.56 Å². The second-order valence-corrected chi connectivity index (χ2v) is 5.40. The van der Waals surface area contributed by atoms with Crippen molar-refractivity contribution in [2.45, 2.75) is 12.5 Å². The van der Waals surface area contributed by atoms with Gasteiger partial charge in [-0.3, -0.25) is 4.79 Å². The number of carbonyl (C=O) groups is 1. The number of para-hydroxylation sites is 1. The van der Waals surface area contributed by atoms with E-state index in [-0.39, 0.29) is 6.42 Å². The molecular weight excluding hydrogens is 319 g/mol. The first kappa shape index (κ1) is 16.1. The van der Waals surface area contributed by atoms with Gasteiger partial charge in [0, 0.05) is 29.2 Å². The Hall–Kier alpha value is -2.80. The van der Waals surface area contributed by atoms with Gasteiger partial charge < -0.3 is 16.0 Å². The molecule has 0 spiro atoms. The van der Waals surface area contributed by atoms with Crippen LogP contribution in [0.4, 0.5) is 18.9 Å². The molecule has 124 valence electrons. The van der Waals surface area contributed by atoms with Gasteiger partial charge in [0.2, 0.25) is 5.91 Å². The van der Waals surface area contributed by atoms with Crippen LogP contribution in [0.2, 0.25) is 0 Å². The van der Waals surface area contributed by atoms with Crippen LogP contribution in [0, 0.1) is 17.5 Å². The van der Waals surface area contributed by atoms with Gasteiger partial charge in [0.1, 0.15) is 11.5 Å². The van der Waals surface area contributed by atoms with Crippen molar-refractivity contribution >= 4 is 22.5 Å².